The Morgan fingerprint density at radius 2 is 1.92 bits per heavy atom. The van der Waals surface area contributed by atoms with Crippen molar-refractivity contribution in [3.63, 3.8) is 0 Å². The molecule has 0 aromatic rings. The van der Waals surface area contributed by atoms with Gasteiger partial charge in [0.1, 0.15) is 0 Å². The lowest BCUT2D eigenvalue weighted by Crippen LogP contribution is -2.24. The smallest absolute Gasteiger partial charge is 0.00126 e. The van der Waals surface area contributed by atoms with Crippen LogP contribution in [0.5, 0.6) is 0 Å². The summed E-state index contributed by atoms with van der Waals surface area (Å²) >= 11 is 0. The lowest BCUT2D eigenvalue weighted by molar-refractivity contribution is 0.286. The van der Waals surface area contributed by atoms with Crippen molar-refractivity contribution in [3.05, 3.63) is 0 Å². The van der Waals surface area contributed by atoms with Crippen molar-refractivity contribution < 1.29 is 0 Å². The molecule has 1 atom stereocenters. The number of likely N-dealkylation sites (tertiary alicyclic amines) is 1. The fourth-order valence-electron chi connectivity index (χ4n) is 2.05. The quantitative estimate of drug-likeness (QED) is 0.647. The second kappa shape index (κ2) is 4.99. The highest BCUT2D eigenvalue weighted by Crippen LogP contribution is 2.23. The zero-order chi connectivity index (χ0) is 9.84. The molecule has 0 saturated carbocycles. The van der Waals surface area contributed by atoms with Gasteiger partial charge in [-0.1, -0.05) is 27.7 Å². The summed E-state index contributed by atoms with van der Waals surface area (Å²) in [6.45, 7) is 13.4. The van der Waals surface area contributed by atoms with Crippen molar-refractivity contribution in [3.8, 4) is 0 Å². The molecule has 1 heterocycles. The fraction of sp³-hybridized carbons (Fsp3) is 1.00. The van der Waals surface area contributed by atoms with Gasteiger partial charge in [-0.25, -0.2) is 0 Å². The molecule has 1 aliphatic heterocycles. The molecule has 0 bridgehead atoms. The second-order valence-electron chi connectivity index (χ2n) is 5.28. The molecule has 0 aliphatic carbocycles. The zero-order valence-electron chi connectivity index (χ0n) is 9.71. The van der Waals surface area contributed by atoms with E-state index in [1.807, 2.05) is 0 Å². The van der Waals surface area contributed by atoms with Gasteiger partial charge in [-0.15, -0.1) is 0 Å². The zero-order valence-corrected chi connectivity index (χ0v) is 9.71. The summed E-state index contributed by atoms with van der Waals surface area (Å²) in [7, 11) is 0. The predicted octanol–water partition coefficient (Wildman–Crippen LogP) is 3.01. The average Bonchev–Trinajstić information content (AvgIpc) is 2.48. The molecule has 1 heteroatoms. The number of rotatable bonds is 4. The molecule has 0 N–H and O–H groups in total. The SMILES string of the molecule is CC(C)CCN1CCC(C(C)C)C1. The first kappa shape index (κ1) is 11.0. The van der Waals surface area contributed by atoms with Crippen LogP contribution in [0.3, 0.4) is 0 Å². The topological polar surface area (TPSA) is 3.24 Å². The third kappa shape index (κ3) is 3.68. The molecule has 1 aliphatic rings. The van der Waals surface area contributed by atoms with Gasteiger partial charge in [-0.3, -0.25) is 0 Å². The standard InChI is InChI=1S/C12H25N/c1-10(2)5-7-13-8-6-12(9-13)11(3)4/h10-12H,5-9H2,1-4H3. The van der Waals surface area contributed by atoms with Crippen molar-refractivity contribution in [2.24, 2.45) is 17.8 Å². The largest absolute Gasteiger partial charge is 0.303 e. The van der Waals surface area contributed by atoms with E-state index in [4.69, 9.17) is 0 Å². The Kier molecular flexibility index (Phi) is 4.24. The molecular weight excluding hydrogens is 158 g/mol. The summed E-state index contributed by atoms with van der Waals surface area (Å²) in [5.74, 6) is 2.70. The highest BCUT2D eigenvalue weighted by atomic mass is 15.1. The highest BCUT2D eigenvalue weighted by Gasteiger charge is 2.24. The van der Waals surface area contributed by atoms with E-state index in [-0.39, 0.29) is 0 Å². The van der Waals surface area contributed by atoms with E-state index in [1.165, 1.54) is 32.5 Å². The molecule has 0 aromatic carbocycles. The second-order valence-corrected chi connectivity index (χ2v) is 5.28. The van der Waals surface area contributed by atoms with Crippen molar-refractivity contribution in [1.82, 2.24) is 4.90 Å². The van der Waals surface area contributed by atoms with Crippen LogP contribution in [-0.4, -0.2) is 24.5 Å². The maximum Gasteiger partial charge on any atom is 0.00126 e. The predicted molar refractivity (Wildman–Crippen MR) is 58.8 cm³/mol. The Labute approximate surface area is 83.5 Å². The van der Waals surface area contributed by atoms with Crippen LogP contribution >= 0.6 is 0 Å². The summed E-state index contributed by atoms with van der Waals surface area (Å²) in [5.41, 5.74) is 0. The minimum absolute atomic E-state index is 0.859. The van der Waals surface area contributed by atoms with Crippen molar-refractivity contribution in [2.45, 2.75) is 40.5 Å². The molecule has 1 nitrogen and oxygen atoms in total. The van der Waals surface area contributed by atoms with Crippen LogP contribution < -0.4 is 0 Å². The molecule has 0 spiro atoms. The normalized spacial score (nSPS) is 24.9. The van der Waals surface area contributed by atoms with Gasteiger partial charge in [0.2, 0.25) is 0 Å². The Balaban J connectivity index is 2.17. The van der Waals surface area contributed by atoms with Crippen LogP contribution in [0, 0.1) is 17.8 Å². The Hall–Kier alpha value is -0.0400. The molecule has 0 radical (unpaired) electrons. The molecule has 1 unspecified atom stereocenters. The Bertz CT molecular complexity index is 140. The first-order valence-electron chi connectivity index (χ1n) is 5.82. The van der Waals surface area contributed by atoms with E-state index in [0.29, 0.717) is 0 Å². The minimum atomic E-state index is 0.859. The van der Waals surface area contributed by atoms with E-state index < -0.39 is 0 Å². The van der Waals surface area contributed by atoms with E-state index in [2.05, 4.69) is 32.6 Å². The summed E-state index contributed by atoms with van der Waals surface area (Å²) in [6.07, 6.45) is 2.79. The van der Waals surface area contributed by atoms with Crippen LogP contribution in [0.25, 0.3) is 0 Å². The Morgan fingerprint density at radius 1 is 1.23 bits per heavy atom. The van der Waals surface area contributed by atoms with Crippen molar-refractivity contribution in [1.29, 1.82) is 0 Å². The lowest BCUT2D eigenvalue weighted by Gasteiger charge is -2.18. The Morgan fingerprint density at radius 3 is 2.38 bits per heavy atom. The van der Waals surface area contributed by atoms with Crippen LogP contribution in [0.15, 0.2) is 0 Å². The molecule has 0 aromatic heterocycles. The maximum atomic E-state index is 2.64. The van der Waals surface area contributed by atoms with E-state index in [1.54, 1.807) is 0 Å². The third-order valence-corrected chi connectivity index (χ3v) is 3.27. The average molecular weight is 183 g/mol. The number of hydrogen-bond acceptors (Lipinski definition) is 1. The van der Waals surface area contributed by atoms with Crippen LogP contribution in [0.4, 0.5) is 0 Å². The van der Waals surface area contributed by atoms with Crippen LogP contribution in [-0.2, 0) is 0 Å². The molecule has 13 heavy (non-hydrogen) atoms. The first-order valence-corrected chi connectivity index (χ1v) is 5.82. The van der Waals surface area contributed by atoms with Crippen molar-refractivity contribution >= 4 is 0 Å². The molecule has 1 saturated heterocycles. The molecule has 1 fully saturated rings. The minimum Gasteiger partial charge on any atom is -0.303 e. The highest BCUT2D eigenvalue weighted by molar-refractivity contribution is 4.77. The van der Waals surface area contributed by atoms with Crippen molar-refractivity contribution in [2.75, 3.05) is 19.6 Å². The summed E-state index contributed by atoms with van der Waals surface area (Å²) in [6, 6.07) is 0. The monoisotopic (exact) mass is 183 g/mol. The molecular formula is C12H25N. The van der Waals surface area contributed by atoms with Gasteiger partial charge in [0.15, 0.2) is 0 Å². The van der Waals surface area contributed by atoms with E-state index in [0.717, 1.165) is 17.8 Å². The summed E-state index contributed by atoms with van der Waals surface area (Å²) < 4.78 is 0. The first-order chi connectivity index (χ1) is 6.09. The fourth-order valence-corrected chi connectivity index (χ4v) is 2.05. The molecule has 1 rings (SSSR count). The molecule has 0 amide bonds. The third-order valence-electron chi connectivity index (χ3n) is 3.27. The van der Waals surface area contributed by atoms with Crippen LogP contribution in [0.1, 0.15) is 40.5 Å². The van der Waals surface area contributed by atoms with Gasteiger partial charge < -0.3 is 4.90 Å². The van der Waals surface area contributed by atoms with Gasteiger partial charge in [-0.05, 0) is 43.7 Å². The van der Waals surface area contributed by atoms with Gasteiger partial charge in [0.05, 0.1) is 0 Å². The van der Waals surface area contributed by atoms with E-state index in [9.17, 15) is 0 Å². The van der Waals surface area contributed by atoms with Gasteiger partial charge >= 0.3 is 0 Å². The number of hydrogen-bond donors (Lipinski definition) is 0. The van der Waals surface area contributed by atoms with Gasteiger partial charge in [0, 0.05) is 6.54 Å². The number of nitrogens with zero attached hydrogens (tertiary/aromatic N) is 1. The van der Waals surface area contributed by atoms with Gasteiger partial charge in [-0.2, -0.15) is 0 Å². The summed E-state index contributed by atoms with van der Waals surface area (Å²) in [5, 5.41) is 0. The lowest BCUT2D eigenvalue weighted by atomic mass is 9.95. The van der Waals surface area contributed by atoms with Gasteiger partial charge in [0.25, 0.3) is 0 Å². The summed E-state index contributed by atoms with van der Waals surface area (Å²) in [4.78, 5) is 2.64. The maximum absolute atomic E-state index is 2.64. The molecule has 78 valence electrons. The van der Waals surface area contributed by atoms with Crippen LogP contribution in [0.2, 0.25) is 0 Å². The van der Waals surface area contributed by atoms with E-state index >= 15 is 0 Å².